The molecule has 0 aromatic carbocycles. The molecule has 0 saturated carbocycles. The number of thioether (sulfide) groups is 1. The average Bonchev–Trinajstić information content (AvgIpc) is 3.03. The predicted molar refractivity (Wildman–Crippen MR) is 79.8 cm³/mol. The Kier molecular flexibility index (Phi) is 3.67. The van der Waals surface area contributed by atoms with Gasteiger partial charge in [-0.3, -0.25) is 4.79 Å². The fourth-order valence-corrected chi connectivity index (χ4v) is 4.30. The molecule has 1 aliphatic heterocycles. The van der Waals surface area contributed by atoms with Crippen LogP contribution in [0.5, 0.6) is 0 Å². The van der Waals surface area contributed by atoms with Crippen molar-refractivity contribution in [3.63, 3.8) is 0 Å². The second-order valence-electron chi connectivity index (χ2n) is 5.42. The first-order chi connectivity index (χ1) is 9.17. The molecule has 2 aliphatic rings. The highest BCUT2D eigenvalue weighted by molar-refractivity contribution is 8.00. The summed E-state index contributed by atoms with van der Waals surface area (Å²) in [5, 5.41) is 1.89. The van der Waals surface area contributed by atoms with Crippen molar-refractivity contribution in [2.45, 2.75) is 24.1 Å². The third-order valence-electron chi connectivity index (χ3n) is 4.09. The summed E-state index contributed by atoms with van der Waals surface area (Å²) in [6.07, 6.45) is 6.62. The smallest absolute Gasteiger partial charge is 0.273 e. The topological polar surface area (TPSA) is 33.2 Å². The summed E-state index contributed by atoms with van der Waals surface area (Å²) in [6, 6.07) is 0. The van der Waals surface area contributed by atoms with Gasteiger partial charge < -0.3 is 4.90 Å². The Balaban J connectivity index is 1.70. The van der Waals surface area contributed by atoms with Crippen LogP contribution in [0.1, 0.15) is 30.3 Å². The van der Waals surface area contributed by atoms with E-state index >= 15 is 0 Å². The third-order valence-corrected chi connectivity index (χ3v) is 5.96. The number of hydrogen-bond acceptors (Lipinski definition) is 4. The summed E-state index contributed by atoms with van der Waals surface area (Å²) >= 11 is 3.15. The van der Waals surface area contributed by atoms with Gasteiger partial charge in [-0.25, -0.2) is 4.98 Å². The Labute approximate surface area is 122 Å². The molecule has 0 N–H and O–H groups in total. The first-order valence-corrected chi connectivity index (χ1v) is 8.72. The minimum Gasteiger partial charge on any atom is -0.337 e. The second kappa shape index (κ2) is 5.29. The van der Waals surface area contributed by atoms with Crippen LogP contribution in [0.15, 0.2) is 21.4 Å². The Bertz CT molecular complexity index is 523. The number of rotatable bonds is 2. The molecule has 1 aromatic rings. The van der Waals surface area contributed by atoms with Crippen LogP contribution < -0.4 is 0 Å². The lowest BCUT2D eigenvalue weighted by molar-refractivity contribution is 0.0778. The van der Waals surface area contributed by atoms with Crippen LogP contribution in [0.2, 0.25) is 0 Å². The SMILES string of the molecule is CSc1nc(C(=O)N2C[C@H]3CC(C)=CC[C@H]3C2)cs1. The molecule has 1 amide bonds. The molecular formula is C14H18N2OS2. The van der Waals surface area contributed by atoms with Gasteiger partial charge in [-0.2, -0.15) is 0 Å². The summed E-state index contributed by atoms with van der Waals surface area (Å²) in [5.74, 6) is 1.43. The van der Waals surface area contributed by atoms with Crippen LogP contribution in [0, 0.1) is 11.8 Å². The normalized spacial score (nSPS) is 26.2. The molecular weight excluding hydrogens is 276 g/mol. The highest BCUT2D eigenvalue weighted by Gasteiger charge is 2.36. The lowest BCUT2D eigenvalue weighted by atomic mass is 9.83. The van der Waals surface area contributed by atoms with E-state index in [1.54, 1.807) is 23.1 Å². The van der Waals surface area contributed by atoms with Gasteiger partial charge in [-0.15, -0.1) is 11.3 Å². The molecule has 19 heavy (non-hydrogen) atoms. The minimum absolute atomic E-state index is 0.114. The van der Waals surface area contributed by atoms with Crippen molar-refractivity contribution in [2.24, 2.45) is 11.8 Å². The summed E-state index contributed by atoms with van der Waals surface area (Å²) in [5.41, 5.74) is 2.10. The van der Waals surface area contributed by atoms with E-state index in [1.165, 1.54) is 5.57 Å². The van der Waals surface area contributed by atoms with Crippen molar-refractivity contribution < 1.29 is 4.79 Å². The second-order valence-corrected chi connectivity index (χ2v) is 7.33. The van der Waals surface area contributed by atoms with Crippen LogP contribution in [-0.2, 0) is 0 Å². The molecule has 5 heteroatoms. The maximum atomic E-state index is 12.4. The van der Waals surface area contributed by atoms with E-state index < -0.39 is 0 Å². The van der Waals surface area contributed by atoms with Gasteiger partial charge in [-0.1, -0.05) is 23.4 Å². The molecule has 1 aromatic heterocycles. The number of nitrogens with zero attached hydrogens (tertiary/aromatic N) is 2. The third kappa shape index (κ3) is 2.58. The molecule has 0 radical (unpaired) electrons. The Morgan fingerprint density at radius 3 is 3.00 bits per heavy atom. The molecule has 1 fully saturated rings. The van der Waals surface area contributed by atoms with E-state index in [0.717, 1.165) is 30.3 Å². The van der Waals surface area contributed by atoms with Crippen molar-refractivity contribution in [3.05, 3.63) is 22.7 Å². The molecule has 2 atom stereocenters. The quantitative estimate of drug-likeness (QED) is 0.620. The van der Waals surface area contributed by atoms with Gasteiger partial charge in [0.1, 0.15) is 10.0 Å². The van der Waals surface area contributed by atoms with Crippen molar-refractivity contribution in [1.29, 1.82) is 0 Å². The van der Waals surface area contributed by atoms with Crippen LogP contribution in [-0.4, -0.2) is 35.1 Å². The summed E-state index contributed by atoms with van der Waals surface area (Å²) in [7, 11) is 0. The summed E-state index contributed by atoms with van der Waals surface area (Å²) in [4.78, 5) is 18.8. The van der Waals surface area contributed by atoms with E-state index in [4.69, 9.17) is 0 Å². The fraction of sp³-hybridized carbons (Fsp3) is 0.571. The number of fused-ring (bicyclic) bond motifs is 1. The number of hydrogen-bond donors (Lipinski definition) is 0. The van der Waals surface area contributed by atoms with Crippen LogP contribution in [0.4, 0.5) is 0 Å². The van der Waals surface area contributed by atoms with Crippen LogP contribution in [0.25, 0.3) is 0 Å². The molecule has 0 unspecified atom stereocenters. The van der Waals surface area contributed by atoms with E-state index in [-0.39, 0.29) is 5.91 Å². The van der Waals surface area contributed by atoms with Gasteiger partial charge in [-0.05, 0) is 37.9 Å². The largest absolute Gasteiger partial charge is 0.337 e. The Hall–Kier alpha value is -0.810. The molecule has 1 saturated heterocycles. The van der Waals surface area contributed by atoms with E-state index in [9.17, 15) is 4.79 Å². The molecule has 0 spiro atoms. The zero-order chi connectivity index (χ0) is 13.4. The first kappa shape index (κ1) is 13.2. The molecule has 0 bridgehead atoms. The highest BCUT2D eigenvalue weighted by atomic mass is 32.2. The number of carbonyl (C=O) groups excluding carboxylic acids is 1. The summed E-state index contributed by atoms with van der Waals surface area (Å²) in [6.45, 7) is 4.01. The zero-order valence-corrected chi connectivity index (χ0v) is 12.9. The first-order valence-electron chi connectivity index (χ1n) is 6.62. The number of amides is 1. The average molecular weight is 294 g/mol. The van der Waals surface area contributed by atoms with E-state index in [0.29, 0.717) is 17.5 Å². The highest BCUT2D eigenvalue weighted by Crippen LogP contribution is 2.36. The van der Waals surface area contributed by atoms with Crippen molar-refractivity contribution in [2.75, 3.05) is 19.3 Å². The molecule has 3 nitrogen and oxygen atoms in total. The maximum absolute atomic E-state index is 12.4. The monoisotopic (exact) mass is 294 g/mol. The van der Waals surface area contributed by atoms with Gasteiger partial charge in [0, 0.05) is 18.5 Å². The molecule has 3 rings (SSSR count). The molecule has 1 aliphatic carbocycles. The summed E-state index contributed by atoms with van der Waals surface area (Å²) < 4.78 is 0.970. The van der Waals surface area contributed by atoms with Crippen LogP contribution >= 0.6 is 23.1 Å². The molecule has 102 valence electrons. The number of thiazole rings is 1. The zero-order valence-electron chi connectivity index (χ0n) is 11.3. The van der Waals surface area contributed by atoms with Gasteiger partial charge in [0.25, 0.3) is 5.91 Å². The minimum atomic E-state index is 0.114. The van der Waals surface area contributed by atoms with E-state index in [2.05, 4.69) is 18.0 Å². The number of carbonyl (C=O) groups is 1. The number of aromatic nitrogens is 1. The fourth-order valence-electron chi connectivity index (χ4n) is 3.06. The van der Waals surface area contributed by atoms with Gasteiger partial charge in [0.2, 0.25) is 0 Å². The number of allylic oxidation sites excluding steroid dienone is 2. The van der Waals surface area contributed by atoms with Crippen molar-refractivity contribution in [1.82, 2.24) is 9.88 Å². The van der Waals surface area contributed by atoms with Gasteiger partial charge >= 0.3 is 0 Å². The molecule has 2 heterocycles. The Morgan fingerprint density at radius 1 is 1.47 bits per heavy atom. The lowest BCUT2D eigenvalue weighted by Crippen LogP contribution is -2.29. The predicted octanol–water partition coefficient (Wildman–Crippen LogP) is 3.29. The standard InChI is InChI=1S/C14H18N2OS2/c1-9-3-4-10-6-16(7-11(10)5-9)13(17)12-8-19-14(15-12)18-2/h3,8,10-11H,4-7H2,1-2H3/t10-,11+/m0/s1. The van der Waals surface area contributed by atoms with Gasteiger partial charge in [0.05, 0.1) is 0 Å². The lowest BCUT2D eigenvalue weighted by Gasteiger charge is -2.21. The van der Waals surface area contributed by atoms with Crippen molar-refractivity contribution >= 4 is 29.0 Å². The van der Waals surface area contributed by atoms with Crippen LogP contribution in [0.3, 0.4) is 0 Å². The number of likely N-dealkylation sites (tertiary alicyclic amines) is 1. The maximum Gasteiger partial charge on any atom is 0.273 e. The van der Waals surface area contributed by atoms with E-state index in [1.807, 2.05) is 16.5 Å². The van der Waals surface area contributed by atoms with Gasteiger partial charge in [0.15, 0.2) is 0 Å². The Morgan fingerprint density at radius 2 is 2.26 bits per heavy atom. The van der Waals surface area contributed by atoms with Crippen molar-refractivity contribution in [3.8, 4) is 0 Å².